The normalized spacial score (nSPS) is 24.4. The van der Waals surface area contributed by atoms with Crippen molar-refractivity contribution in [2.24, 2.45) is 0 Å². The van der Waals surface area contributed by atoms with Gasteiger partial charge in [0.25, 0.3) is 0 Å². The standard InChI is InChI=1S/C14H16O2S/c1-9-7-10-3-2-4-11(13(10)17-9)14(5-6-14)8-12(15)16/h2-4,9H,5-8H2,1H3,(H,15,16). The van der Waals surface area contributed by atoms with Crippen molar-refractivity contribution in [3.05, 3.63) is 29.3 Å². The molecular weight excluding hydrogens is 232 g/mol. The number of benzene rings is 1. The maximum atomic E-state index is 11.0. The Kier molecular flexibility index (Phi) is 2.47. The van der Waals surface area contributed by atoms with Crippen molar-refractivity contribution in [2.45, 2.75) is 48.2 Å². The van der Waals surface area contributed by atoms with E-state index in [4.69, 9.17) is 5.11 Å². The molecule has 1 aliphatic carbocycles. The van der Waals surface area contributed by atoms with Gasteiger partial charge in [-0.1, -0.05) is 25.1 Å². The van der Waals surface area contributed by atoms with Crippen molar-refractivity contribution in [3.63, 3.8) is 0 Å². The molecule has 17 heavy (non-hydrogen) atoms. The number of hydrogen-bond acceptors (Lipinski definition) is 2. The topological polar surface area (TPSA) is 37.3 Å². The van der Waals surface area contributed by atoms with Gasteiger partial charge >= 0.3 is 5.97 Å². The average Bonchev–Trinajstić information content (AvgIpc) is 2.90. The minimum atomic E-state index is -0.670. The molecule has 1 aliphatic heterocycles. The molecule has 90 valence electrons. The zero-order valence-electron chi connectivity index (χ0n) is 9.90. The van der Waals surface area contributed by atoms with E-state index in [1.807, 2.05) is 11.8 Å². The molecule has 3 heteroatoms. The summed E-state index contributed by atoms with van der Waals surface area (Å²) in [6, 6.07) is 6.42. The molecule has 1 N–H and O–H groups in total. The lowest BCUT2D eigenvalue weighted by Crippen LogP contribution is -2.14. The molecule has 0 bridgehead atoms. The summed E-state index contributed by atoms with van der Waals surface area (Å²) in [7, 11) is 0. The second-order valence-electron chi connectivity index (χ2n) is 5.28. The van der Waals surface area contributed by atoms with E-state index in [9.17, 15) is 4.79 Å². The number of fused-ring (bicyclic) bond motifs is 1. The lowest BCUT2D eigenvalue weighted by atomic mass is 9.90. The zero-order chi connectivity index (χ0) is 12.0. The molecule has 0 saturated heterocycles. The van der Waals surface area contributed by atoms with Gasteiger partial charge in [-0.2, -0.15) is 0 Å². The van der Waals surface area contributed by atoms with E-state index < -0.39 is 5.97 Å². The molecule has 1 aromatic rings. The summed E-state index contributed by atoms with van der Waals surface area (Å²) < 4.78 is 0. The lowest BCUT2D eigenvalue weighted by molar-refractivity contribution is -0.137. The molecule has 1 unspecified atom stereocenters. The SMILES string of the molecule is CC1Cc2cccc(C3(CC(=O)O)CC3)c2S1. The van der Waals surface area contributed by atoms with Crippen LogP contribution in [0.4, 0.5) is 0 Å². The van der Waals surface area contributed by atoms with Crippen LogP contribution in [0.1, 0.15) is 37.3 Å². The van der Waals surface area contributed by atoms with E-state index in [0.717, 1.165) is 19.3 Å². The lowest BCUT2D eigenvalue weighted by Gasteiger charge is -2.17. The number of aliphatic carboxylic acids is 1. The molecule has 1 fully saturated rings. The summed E-state index contributed by atoms with van der Waals surface area (Å²) in [5.41, 5.74) is 2.66. The van der Waals surface area contributed by atoms with Gasteiger partial charge in [0.15, 0.2) is 0 Å². The minimum Gasteiger partial charge on any atom is -0.481 e. The Balaban J connectivity index is 2.00. The molecule has 0 spiro atoms. The molecule has 2 aliphatic rings. The smallest absolute Gasteiger partial charge is 0.304 e. The zero-order valence-corrected chi connectivity index (χ0v) is 10.7. The maximum Gasteiger partial charge on any atom is 0.304 e. The van der Waals surface area contributed by atoms with Crippen molar-refractivity contribution < 1.29 is 9.90 Å². The van der Waals surface area contributed by atoms with Gasteiger partial charge < -0.3 is 5.11 Å². The summed E-state index contributed by atoms with van der Waals surface area (Å²) >= 11 is 1.92. The van der Waals surface area contributed by atoms with E-state index in [-0.39, 0.29) is 5.41 Å². The van der Waals surface area contributed by atoms with Gasteiger partial charge in [0.05, 0.1) is 6.42 Å². The van der Waals surface area contributed by atoms with Gasteiger partial charge in [-0.3, -0.25) is 4.79 Å². The van der Waals surface area contributed by atoms with Crippen molar-refractivity contribution in [2.75, 3.05) is 0 Å². The number of thioether (sulfide) groups is 1. The Bertz CT molecular complexity index is 477. The highest BCUT2D eigenvalue weighted by molar-refractivity contribution is 8.00. The van der Waals surface area contributed by atoms with E-state index >= 15 is 0 Å². The van der Waals surface area contributed by atoms with E-state index in [1.165, 1.54) is 16.0 Å². The fraction of sp³-hybridized carbons (Fsp3) is 0.500. The summed E-state index contributed by atoms with van der Waals surface area (Å²) in [5, 5.41) is 9.68. The van der Waals surface area contributed by atoms with Crippen LogP contribution in [0.25, 0.3) is 0 Å². The van der Waals surface area contributed by atoms with Gasteiger partial charge in [0.1, 0.15) is 0 Å². The van der Waals surface area contributed by atoms with Crippen LogP contribution in [0.3, 0.4) is 0 Å². The highest BCUT2D eigenvalue weighted by Gasteiger charge is 2.48. The number of hydrogen-bond donors (Lipinski definition) is 1. The highest BCUT2D eigenvalue weighted by atomic mass is 32.2. The summed E-state index contributed by atoms with van der Waals surface area (Å²) in [6.07, 6.45) is 3.48. The Morgan fingerprint density at radius 1 is 1.53 bits per heavy atom. The minimum absolute atomic E-state index is 0.0474. The first-order valence-electron chi connectivity index (χ1n) is 6.11. The second-order valence-corrected chi connectivity index (χ2v) is 6.73. The van der Waals surface area contributed by atoms with Gasteiger partial charge in [-0.15, -0.1) is 11.8 Å². The van der Waals surface area contributed by atoms with Gasteiger partial charge in [-0.05, 0) is 30.4 Å². The summed E-state index contributed by atoms with van der Waals surface area (Å²) in [4.78, 5) is 12.4. The molecule has 1 aromatic carbocycles. The number of rotatable bonds is 3. The Labute approximate surface area is 105 Å². The molecule has 0 radical (unpaired) electrons. The van der Waals surface area contributed by atoms with Gasteiger partial charge in [0, 0.05) is 15.6 Å². The molecule has 1 heterocycles. The number of carboxylic acids is 1. The number of carboxylic acid groups (broad SMARTS) is 1. The predicted octanol–water partition coefficient (Wildman–Crippen LogP) is 3.23. The first-order chi connectivity index (χ1) is 8.11. The highest BCUT2D eigenvalue weighted by Crippen LogP contribution is 2.55. The van der Waals surface area contributed by atoms with E-state index in [0.29, 0.717) is 11.7 Å². The van der Waals surface area contributed by atoms with Crippen LogP contribution in [-0.4, -0.2) is 16.3 Å². The Morgan fingerprint density at radius 3 is 2.94 bits per heavy atom. The fourth-order valence-electron chi connectivity index (χ4n) is 2.84. The average molecular weight is 248 g/mol. The molecule has 0 amide bonds. The Morgan fingerprint density at radius 2 is 2.29 bits per heavy atom. The van der Waals surface area contributed by atoms with Crippen molar-refractivity contribution >= 4 is 17.7 Å². The van der Waals surface area contributed by atoms with Crippen LogP contribution in [0.2, 0.25) is 0 Å². The molecular formula is C14H16O2S. The molecule has 3 rings (SSSR count). The van der Waals surface area contributed by atoms with E-state index in [1.54, 1.807) is 0 Å². The van der Waals surface area contributed by atoms with Crippen LogP contribution in [0.15, 0.2) is 23.1 Å². The van der Waals surface area contributed by atoms with Crippen LogP contribution >= 0.6 is 11.8 Å². The van der Waals surface area contributed by atoms with Crippen LogP contribution in [0.5, 0.6) is 0 Å². The monoisotopic (exact) mass is 248 g/mol. The first kappa shape index (κ1) is 11.1. The third-order valence-corrected chi connectivity index (χ3v) is 5.12. The third kappa shape index (κ3) is 1.86. The largest absolute Gasteiger partial charge is 0.481 e. The van der Waals surface area contributed by atoms with Crippen LogP contribution < -0.4 is 0 Å². The second kappa shape index (κ2) is 3.77. The summed E-state index contributed by atoms with van der Waals surface area (Å²) in [5.74, 6) is -0.670. The Hall–Kier alpha value is -0.960. The van der Waals surface area contributed by atoms with Crippen LogP contribution in [-0.2, 0) is 16.6 Å². The van der Waals surface area contributed by atoms with Crippen molar-refractivity contribution in [1.29, 1.82) is 0 Å². The fourth-order valence-corrected chi connectivity index (χ4v) is 4.22. The molecule has 1 saturated carbocycles. The maximum absolute atomic E-state index is 11.0. The van der Waals surface area contributed by atoms with Crippen molar-refractivity contribution in [3.8, 4) is 0 Å². The van der Waals surface area contributed by atoms with Gasteiger partial charge in [-0.25, -0.2) is 0 Å². The molecule has 0 aromatic heterocycles. The van der Waals surface area contributed by atoms with Gasteiger partial charge in [0.2, 0.25) is 0 Å². The summed E-state index contributed by atoms with van der Waals surface area (Å²) in [6.45, 7) is 2.24. The van der Waals surface area contributed by atoms with E-state index in [2.05, 4.69) is 25.1 Å². The predicted molar refractivity (Wildman–Crippen MR) is 68.6 cm³/mol. The van der Waals surface area contributed by atoms with Crippen LogP contribution in [0, 0.1) is 0 Å². The third-order valence-electron chi connectivity index (χ3n) is 3.84. The molecule has 2 nitrogen and oxygen atoms in total. The first-order valence-corrected chi connectivity index (χ1v) is 6.99. The van der Waals surface area contributed by atoms with Crippen molar-refractivity contribution in [1.82, 2.24) is 0 Å². The quantitative estimate of drug-likeness (QED) is 0.892. The molecule has 1 atom stereocenters. The number of carbonyl (C=O) groups is 1.